The number of ether oxygens (including phenoxy) is 1. The summed E-state index contributed by atoms with van der Waals surface area (Å²) in [7, 11) is 0. The zero-order valence-corrected chi connectivity index (χ0v) is 8.78. The fourth-order valence-electron chi connectivity index (χ4n) is 1.67. The van der Waals surface area contributed by atoms with Gasteiger partial charge in [-0.1, -0.05) is 0 Å². The summed E-state index contributed by atoms with van der Waals surface area (Å²) in [6.07, 6.45) is -0.457. The Morgan fingerprint density at radius 1 is 1.69 bits per heavy atom. The lowest BCUT2D eigenvalue weighted by molar-refractivity contribution is -0.0462. The Hall–Kier alpha value is -1.31. The number of aromatic nitrogens is 3. The van der Waals surface area contributed by atoms with Crippen LogP contribution in [0, 0.1) is 6.92 Å². The molecule has 2 heterocycles. The van der Waals surface area contributed by atoms with Crippen LogP contribution >= 0.6 is 0 Å². The molecule has 0 aromatic carbocycles. The third-order valence-corrected chi connectivity index (χ3v) is 2.54. The van der Waals surface area contributed by atoms with Crippen molar-refractivity contribution in [2.24, 2.45) is 0 Å². The predicted octanol–water partition coefficient (Wildman–Crippen LogP) is -1.41. The molecule has 0 aliphatic carbocycles. The molecule has 1 aliphatic rings. The molecular weight excluding hydrogens is 214 g/mol. The van der Waals surface area contributed by atoms with Crippen molar-refractivity contribution < 1.29 is 14.9 Å². The highest BCUT2D eigenvalue weighted by atomic mass is 16.5. The number of aliphatic hydroxyl groups is 2. The average Bonchev–Trinajstić information content (AvgIpc) is 2.59. The molecule has 0 bridgehead atoms. The highest BCUT2D eigenvalue weighted by Gasteiger charge is 2.34. The quantitative estimate of drug-likeness (QED) is 0.644. The number of rotatable bonds is 2. The van der Waals surface area contributed by atoms with Crippen LogP contribution in [0.1, 0.15) is 18.5 Å². The van der Waals surface area contributed by atoms with Gasteiger partial charge >= 0.3 is 5.69 Å². The zero-order valence-electron chi connectivity index (χ0n) is 8.78. The maximum Gasteiger partial charge on any atom is 0.352 e. The molecule has 1 aromatic heterocycles. The summed E-state index contributed by atoms with van der Waals surface area (Å²) < 4.78 is 6.53. The second-order valence-corrected chi connectivity index (χ2v) is 3.71. The summed E-state index contributed by atoms with van der Waals surface area (Å²) in [6.45, 7) is 1.34. The minimum atomic E-state index is -0.775. The first-order chi connectivity index (χ1) is 7.61. The maximum absolute atomic E-state index is 11.5. The van der Waals surface area contributed by atoms with E-state index >= 15 is 0 Å². The fraction of sp³-hybridized carbons (Fsp3) is 0.667. The predicted molar refractivity (Wildman–Crippen MR) is 52.6 cm³/mol. The van der Waals surface area contributed by atoms with Gasteiger partial charge in [-0.2, -0.15) is 4.98 Å². The van der Waals surface area contributed by atoms with E-state index in [9.17, 15) is 9.90 Å². The van der Waals surface area contributed by atoms with E-state index in [1.54, 1.807) is 6.92 Å². The third kappa shape index (κ3) is 1.97. The minimum absolute atomic E-state index is 0.248. The van der Waals surface area contributed by atoms with Crippen LogP contribution in [-0.4, -0.2) is 43.6 Å². The second kappa shape index (κ2) is 4.28. The molecule has 0 amide bonds. The Balaban J connectivity index is 2.23. The van der Waals surface area contributed by atoms with E-state index in [-0.39, 0.29) is 13.0 Å². The van der Waals surface area contributed by atoms with Gasteiger partial charge in [-0.3, -0.25) is 4.57 Å². The Morgan fingerprint density at radius 2 is 2.44 bits per heavy atom. The molecule has 7 heteroatoms. The van der Waals surface area contributed by atoms with Gasteiger partial charge in [-0.25, -0.2) is 9.78 Å². The molecule has 1 aromatic rings. The molecule has 88 valence electrons. The molecule has 1 fully saturated rings. The van der Waals surface area contributed by atoms with E-state index in [2.05, 4.69) is 9.97 Å². The van der Waals surface area contributed by atoms with E-state index < -0.39 is 24.1 Å². The van der Waals surface area contributed by atoms with Crippen molar-refractivity contribution in [1.29, 1.82) is 0 Å². The molecule has 0 spiro atoms. The largest absolute Gasteiger partial charge is 0.394 e. The van der Waals surface area contributed by atoms with Gasteiger partial charge in [0.2, 0.25) is 0 Å². The number of nitrogens with zero attached hydrogens (tertiary/aromatic N) is 3. The Morgan fingerprint density at radius 3 is 3.00 bits per heavy atom. The van der Waals surface area contributed by atoms with Crippen molar-refractivity contribution in [2.75, 3.05) is 6.61 Å². The molecule has 0 radical (unpaired) electrons. The lowest BCUT2D eigenvalue weighted by Crippen LogP contribution is -2.28. The topological polar surface area (TPSA) is 97.5 Å². The minimum Gasteiger partial charge on any atom is -0.394 e. The van der Waals surface area contributed by atoms with Crippen LogP contribution in [0.5, 0.6) is 0 Å². The number of hydrogen-bond donors (Lipinski definition) is 2. The highest BCUT2D eigenvalue weighted by molar-refractivity contribution is 4.85. The molecule has 2 N–H and O–H groups in total. The third-order valence-electron chi connectivity index (χ3n) is 2.54. The van der Waals surface area contributed by atoms with Crippen molar-refractivity contribution in [1.82, 2.24) is 14.5 Å². The summed E-state index contributed by atoms with van der Waals surface area (Å²) >= 11 is 0. The maximum atomic E-state index is 11.5. The molecule has 0 saturated carbocycles. The fourth-order valence-corrected chi connectivity index (χ4v) is 1.67. The highest BCUT2D eigenvalue weighted by Crippen LogP contribution is 2.26. The number of hydrogen-bond acceptors (Lipinski definition) is 6. The van der Waals surface area contributed by atoms with Crippen LogP contribution in [0.3, 0.4) is 0 Å². The molecule has 2 rings (SSSR count). The molecule has 0 unspecified atom stereocenters. The smallest absolute Gasteiger partial charge is 0.352 e. The summed E-state index contributed by atoms with van der Waals surface area (Å²) in [6, 6.07) is 0. The van der Waals surface area contributed by atoms with Crippen molar-refractivity contribution in [3.63, 3.8) is 0 Å². The monoisotopic (exact) mass is 227 g/mol. The first-order valence-electron chi connectivity index (χ1n) is 4.98. The molecule has 1 aliphatic heterocycles. The Bertz CT molecular complexity index is 433. The molecular formula is C9H13N3O4. The number of aryl methyl sites for hydroxylation is 1. The van der Waals surface area contributed by atoms with Crippen LogP contribution in [0.2, 0.25) is 0 Å². The normalized spacial score (nSPS) is 29.6. The average molecular weight is 227 g/mol. The first-order valence-corrected chi connectivity index (χ1v) is 4.98. The van der Waals surface area contributed by atoms with Gasteiger partial charge in [0.15, 0.2) is 0 Å². The van der Waals surface area contributed by atoms with Crippen molar-refractivity contribution in [2.45, 2.75) is 31.8 Å². The van der Waals surface area contributed by atoms with Gasteiger partial charge in [0.1, 0.15) is 24.5 Å². The zero-order chi connectivity index (χ0) is 11.7. The molecule has 1 saturated heterocycles. The van der Waals surface area contributed by atoms with Crippen molar-refractivity contribution >= 4 is 0 Å². The second-order valence-electron chi connectivity index (χ2n) is 3.71. The van der Waals surface area contributed by atoms with Crippen LogP contribution in [0.4, 0.5) is 0 Å². The van der Waals surface area contributed by atoms with Crippen molar-refractivity contribution in [3.05, 3.63) is 22.6 Å². The molecule has 3 atom stereocenters. The Labute approximate surface area is 91.3 Å². The first kappa shape index (κ1) is 11.2. The standard InChI is InChI=1S/C9H13N3O4/c1-5-10-4-12(9(15)11-5)8-2-6(14)7(3-13)16-8/h4,6-8,13-14H,2-3H2,1H3/t6-,7+,8+/m0/s1. The van der Waals surface area contributed by atoms with E-state index in [1.807, 2.05) is 0 Å². The summed E-state index contributed by atoms with van der Waals surface area (Å²) in [4.78, 5) is 19.1. The van der Waals surface area contributed by atoms with E-state index in [0.717, 1.165) is 0 Å². The lowest BCUT2D eigenvalue weighted by atomic mass is 10.2. The molecule has 7 nitrogen and oxygen atoms in total. The summed E-state index contributed by atoms with van der Waals surface area (Å²) in [5.74, 6) is 0.388. The summed E-state index contributed by atoms with van der Waals surface area (Å²) in [5, 5.41) is 18.4. The van der Waals surface area contributed by atoms with Gasteiger partial charge in [0.05, 0.1) is 12.7 Å². The Kier molecular flexibility index (Phi) is 2.99. The van der Waals surface area contributed by atoms with Gasteiger partial charge in [-0.05, 0) is 6.92 Å². The van der Waals surface area contributed by atoms with Gasteiger partial charge < -0.3 is 14.9 Å². The van der Waals surface area contributed by atoms with Gasteiger partial charge in [0.25, 0.3) is 0 Å². The van der Waals surface area contributed by atoms with E-state index in [0.29, 0.717) is 5.82 Å². The van der Waals surface area contributed by atoms with Gasteiger partial charge in [-0.15, -0.1) is 0 Å². The van der Waals surface area contributed by atoms with E-state index in [1.165, 1.54) is 10.9 Å². The van der Waals surface area contributed by atoms with Crippen LogP contribution in [-0.2, 0) is 4.74 Å². The lowest BCUT2D eigenvalue weighted by Gasteiger charge is -2.13. The van der Waals surface area contributed by atoms with Crippen LogP contribution < -0.4 is 5.69 Å². The summed E-state index contributed by atoms with van der Waals surface area (Å²) in [5.41, 5.74) is -0.469. The van der Waals surface area contributed by atoms with Crippen LogP contribution in [0.25, 0.3) is 0 Å². The van der Waals surface area contributed by atoms with E-state index in [4.69, 9.17) is 9.84 Å². The van der Waals surface area contributed by atoms with Crippen LogP contribution in [0.15, 0.2) is 11.1 Å². The van der Waals surface area contributed by atoms with Crippen molar-refractivity contribution in [3.8, 4) is 0 Å². The molecule has 16 heavy (non-hydrogen) atoms. The number of aliphatic hydroxyl groups excluding tert-OH is 2. The SMILES string of the molecule is Cc1ncn([C@H]2C[C@H](O)[C@@H](CO)O2)c(=O)n1. The van der Waals surface area contributed by atoms with Gasteiger partial charge in [0, 0.05) is 6.42 Å².